The van der Waals surface area contributed by atoms with Crippen LogP contribution in [0.1, 0.15) is 5.56 Å². The average Bonchev–Trinajstić information content (AvgIpc) is 2.37. The third-order valence-corrected chi connectivity index (χ3v) is 3.61. The molecule has 6 N–H and O–H groups in total. The van der Waals surface area contributed by atoms with Gasteiger partial charge in [-0.3, -0.25) is 5.84 Å². The Hall–Kier alpha value is -2.27. The van der Waals surface area contributed by atoms with Crippen molar-refractivity contribution in [1.29, 1.82) is 0 Å². The summed E-state index contributed by atoms with van der Waals surface area (Å²) < 4.78 is 62.5. The molecular formula is C11H12F5N3O2S. The summed E-state index contributed by atoms with van der Waals surface area (Å²) in [5, 5.41) is 8.65. The van der Waals surface area contributed by atoms with E-state index in [4.69, 9.17) is 16.7 Å². The number of aliphatic carboxylic acids is 1. The summed E-state index contributed by atoms with van der Waals surface area (Å²) in [6.07, 6.45) is 2.23. The Kier molecular flexibility index (Phi) is 3.95. The number of carboxylic acid groups (broad SMARTS) is 1. The van der Waals surface area contributed by atoms with Crippen LogP contribution in [-0.4, -0.2) is 11.1 Å². The molecule has 22 heavy (non-hydrogen) atoms. The van der Waals surface area contributed by atoms with Crippen molar-refractivity contribution in [3.63, 3.8) is 0 Å². The minimum Gasteiger partial charge on any atom is -0.477 e. The monoisotopic (exact) mass is 345 g/mol. The molecule has 0 bridgehead atoms. The molecule has 0 saturated heterocycles. The highest BCUT2D eigenvalue weighted by atomic mass is 32.5. The summed E-state index contributed by atoms with van der Waals surface area (Å²) in [6.45, 7) is 0. The normalized spacial score (nSPS) is 16.6. The molecule has 5 nitrogen and oxygen atoms in total. The zero-order valence-corrected chi connectivity index (χ0v) is 11.6. The number of hydrazine groups is 1. The largest absolute Gasteiger partial charge is 0.477 e. The van der Waals surface area contributed by atoms with Gasteiger partial charge in [0.15, 0.2) is 0 Å². The van der Waals surface area contributed by atoms with Crippen molar-refractivity contribution in [1.82, 2.24) is 5.43 Å². The minimum absolute atomic E-state index is 0.108. The molecule has 0 radical (unpaired) electrons. The second kappa shape index (κ2) is 4.88. The maximum absolute atomic E-state index is 12.5. The Morgan fingerprint density at radius 3 is 2.00 bits per heavy atom. The number of nitrogens with two attached hydrogens (primary N) is 2. The molecule has 1 aromatic carbocycles. The van der Waals surface area contributed by atoms with Crippen molar-refractivity contribution in [3.8, 4) is 0 Å². The van der Waals surface area contributed by atoms with Crippen molar-refractivity contribution < 1.29 is 29.3 Å². The van der Waals surface area contributed by atoms with Gasteiger partial charge >= 0.3 is 16.2 Å². The predicted molar refractivity (Wildman–Crippen MR) is 73.0 cm³/mol. The summed E-state index contributed by atoms with van der Waals surface area (Å²) in [5.74, 6) is 3.58. The fourth-order valence-electron chi connectivity index (χ4n) is 1.35. The zero-order valence-electron chi connectivity index (χ0n) is 10.8. The Morgan fingerprint density at radius 1 is 1.14 bits per heavy atom. The number of allylic oxidation sites excluding steroid dienone is 1. The predicted octanol–water partition coefficient (Wildman–Crippen LogP) is 3.08. The lowest BCUT2D eigenvalue weighted by Gasteiger charge is -2.40. The van der Waals surface area contributed by atoms with Crippen LogP contribution in [0.25, 0.3) is 6.08 Å². The third-order valence-electron chi connectivity index (χ3n) is 2.44. The van der Waals surface area contributed by atoms with Crippen molar-refractivity contribution in [3.05, 3.63) is 47.3 Å². The van der Waals surface area contributed by atoms with Gasteiger partial charge in [-0.15, -0.1) is 0 Å². The number of hydrogen-bond acceptors (Lipinski definition) is 4. The van der Waals surface area contributed by atoms with Crippen LogP contribution in [0.15, 0.2) is 46.6 Å². The SMILES string of the molecule is NNC(/C=C/c1ccc(S(F)(F)(F)(F)F)cc1)=C(\N)C(=O)O. The van der Waals surface area contributed by atoms with Gasteiger partial charge in [0.2, 0.25) is 0 Å². The fourth-order valence-corrected chi connectivity index (χ4v) is 2.00. The van der Waals surface area contributed by atoms with Gasteiger partial charge in [0.05, 0.1) is 5.70 Å². The fraction of sp³-hybridized carbons (Fsp3) is 0. The second-order valence-electron chi connectivity index (χ2n) is 4.15. The van der Waals surface area contributed by atoms with Crippen LogP contribution in [0.2, 0.25) is 0 Å². The van der Waals surface area contributed by atoms with E-state index < -0.39 is 26.8 Å². The van der Waals surface area contributed by atoms with Crippen LogP contribution in [0.5, 0.6) is 0 Å². The van der Waals surface area contributed by atoms with E-state index in [9.17, 15) is 24.2 Å². The maximum Gasteiger partial charge on any atom is 0.353 e. The second-order valence-corrected chi connectivity index (χ2v) is 6.56. The molecule has 0 spiro atoms. The van der Waals surface area contributed by atoms with Crippen LogP contribution in [0.4, 0.5) is 19.4 Å². The quantitative estimate of drug-likeness (QED) is 0.216. The number of halogens is 5. The number of rotatable bonds is 5. The molecule has 0 amide bonds. The summed E-state index contributed by atoms with van der Waals surface area (Å²) in [4.78, 5) is 8.60. The van der Waals surface area contributed by atoms with Gasteiger partial charge in [0, 0.05) is 0 Å². The van der Waals surface area contributed by atoms with Crippen LogP contribution >= 0.6 is 10.2 Å². The van der Waals surface area contributed by atoms with Gasteiger partial charge in [-0.25, -0.2) is 4.79 Å². The Bertz CT molecular complexity index is 653. The van der Waals surface area contributed by atoms with E-state index in [1.165, 1.54) is 0 Å². The Morgan fingerprint density at radius 2 is 1.64 bits per heavy atom. The lowest BCUT2D eigenvalue weighted by Crippen LogP contribution is -2.26. The van der Waals surface area contributed by atoms with E-state index in [0.717, 1.165) is 24.3 Å². The smallest absolute Gasteiger partial charge is 0.353 e. The van der Waals surface area contributed by atoms with Crippen molar-refractivity contribution in [2.45, 2.75) is 4.90 Å². The van der Waals surface area contributed by atoms with E-state index in [0.29, 0.717) is 0 Å². The number of carbonyl (C=O) groups is 1. The van der Waals surface area contributed by atoms with Crippen LogP contribution in [-0.2, 0) is 4.79 Å². The van der Waals surface area contributed by atoms with Crippen LogP contribution in [0.3, 0.4) is 0 Å². The number of benzene rings is 1. The lowest BCUT2D eigenvalue weighted by atomic mass is 10.2. The topological polar surface area (TPSA) is 101 Å². The summed E-state index contributed by atoms with van der Waals surface area (Å²) >= 11 is 0. The molecule has 0 saturated carbocycles. The van der Waals surface area contributed by atoms with E-state index >= 15 is 0 Å². The molecule has 0 fully saturated rings. The molecule has 0 aromatic heterocycles. The molecule has 1 aromatic rings. The van der Waals surface area contributed by atoms with E-state index in [1.807, 2.05) is 5.43 Å². The standard InChI is InChI=1S/C11H12F5N3O2S/c12-22(13,14,15,16)8-4-1-7(2-5-8)3-6-9(19-18)10(17)11(20)21/h1-6,19H,17-18H2,(H,20,21)/b6-3+,10-9-. The molecule has 0 aliphatic rings. The molecule has 0 aliphatic carbocycles. The molecule has 0 atom stereocenters. The first kappa shape index (κ1) is 17.8. The highest BCUT2D eigenvalue weighted by Gasteiger charge is 2.65. The molecule has 0 heterocycles. The number of nitrogens with one attached hydrogen (secondary N) is 1. The minimum atomic E-state index is -9.71. The average molecular weight is 345 g/mol. The van der Waals surface area contributed by atoms with Crippen molar-refractivity contribution >= 4 is 22.3 Å². The molecule has 11 heteroatoms. The lowest BCUT2D eigenvalue weighted by molar-refractivity contribution is -0.132. The number of carboxylic acids is 1. The van der Waals surface area contributed by atoms with E-state index in [2.05, 4.69) is 0 Å². The molecule has 0 aliphatic heterocycles. The first-order chi connectivity index (χ1) is 9.74. The van der Waals surface area contributed by atoms with Gasteiger partial charge < -0.3 is 16.3 Å². The zero-order chi connectivity index (χ0) is 17.2. The van der Waals surface area contributed by atoms with Gasteiger partial charge in [-0.1, -0.05) is 37.6 Å². The molecular weight excluding hydrogens is 333 g/mol. The van der Waals surface area contributed by atoms with E-state index in [-0.39, 0.29) is 23.4 Å². The van der Waals surface area contributed by atoms with Gasteiger partial charge in [0.25, 0.3) is 0 Å². The van der Waals surface area contributed by atoms with Gasteiger partial charge in [-0.05, 0) is 23.8 Å². The van der Waals surface area contributed by atoms with Crippen molar-refractivity contribution in [2.75, 3.05) is 0 Å². The summed E-state index contributed by atoms with van der Waals surface area (Å²) in [5.41, 5.74) is 6.47. The first-order valence-electron chi connectivity index (χ1n) is 5.46. The number of hydrogen-bond donors (Lipinski definition) is 4. The van der Waals surface area contributed by atoms with Crippen LogP contribution in [0, 0.1) is 0 Å². The van der Waals surface area contributed by atoms with Gasteiger partial charge in [0.1, 0.15) is 10.6 Å². The third kappa shape index (κ3) is 4.63. The maximum atomic E-state index is 12.5. The molecule has 124 valence electrons. The summed E-state index contributed by atoms with van der Waals surface area (Å²) in [6, 6.07) is 2.08. The Balaban J connectivity index is 3.11. The van der Waals surface area contributed by atoms with E-state index in [1.54, 1.807) is 0 Å². The van der Waals surface area contributed by atoms with Gasteiger partial charge in [-0.2, -0.15) is 0 Å². The van der Waals surface area contributed by atoms with Crippen molar-refractivity contribution in [2.24, 2.45) is 11.6 Å². The molecule has 0 unspecified atom stereocenters. The highest BCUT2D eigenvalue weighted by molar-refractivity contribution is 8.45. The Labute approximate surface area is 121 Å². The van der Waals surface area contributed by atoms with Crippen LogP contribution < -0.4 is 17.0 Å². The summed E-state index contributed by atoms with van der Waals surface area (Å²) in [7, 11) is -9.71. The highest BCUT2D eigenvalue weighted by Crippen LogP contribution is 3.02. The molecule has 1 rings (SSSR count). The first-order valence-corrected chi connectivity index (χ1v) is 7.41.